The molecule has 0 aliphatic carbocycles. The van der Waals surface area contributed by atoms with Gasteiger partial charge in [0.15, 0.2) is 11.5 Å². The lowest BCUT2D eigenvalue weighted by Gasteiger charge is -2.29. The zero-order valence-corrected chi connectivity index (χ0v) is 30.2. The minimum Gasteiger partial charge on any atom is -0.490 e. The lowest BCUT2D eigenvalue weighted by atomic mass is 9.94. The van der Waals surface area contributed by atoms with Crippen LogP contribution in [0.3, 0.4) is 0 Å². The number of halogens is 2. The van der Waals surface area contributed by atoms with Gasteiger partial charge in [-0.3, -0.25) is 4.79 Å². The zero-order chi connectivity index (χ0) is 33.8. The third-order valence-corrected chi connectivity index (χ3v) is 9.91. The van der Waals surface area contributed by atoms with E-state index in [2.05, 4.69) is 39.6 Å². The fourth-order valence-corrected chi connectivity index (χ4v) is 7.22. The monoisotopic (exact) mass is 743 g/mol. The first kappa shape index (κ1) is 33.6. The molecular weight excluding hydrogens is 710 g/mol. The second kappa shape index (κ2) is 14.9. The molecule has 1 aromatic heterocycles. The van der Waals surface area contributed by atoms with Crippen molar-refractivity contribution in [1.82, 2.24) is 14.8 Å². The van der Waals surface area contributed by atoms with Gasteiger partial charge in [0.25, 0.3) is 5.91 Å². The molecule has 1 aliphatic heterocycles. The number of benzene rings is 4. The summed E-state index contributed by atoms with van der Waals surface area (Å²) in [7, 11) is 0. The Kier molecular flexibility index (Phi) is 10.4. The molecule has 0 radical (unpaired) electrons. The maximum atomic E-state index is 14.2. The van der Waals surface area contributed by atoms with Crippen molar-refractivity contribution < 1.29 is 14.3 Å². The molecule has 8 nitrogen and oxygen atoms in total. The van der Waals surface area contributed by atoms with Gasteiger partial charge in [0.05, 0.1) is 16.7 Å². The average molecular weight is 745 g/mol. The maximum Gasteiger partial charge on any atom is 0.255 e. The number of aryl methyl sites for hydroxylation is 2. The standard InChI is InChI=1S/C37H35BrClN5O3S/c1-5-46-31-19-27(18-28(38)34(31)47-20-25-14-8-6-12-22(25)2)33-32(35(45)41-30-17-11-7-13-23(30)3)24(4)40-36-42-37(43-44(33)36)48-21-26-15-9-10-16-29(26)39/h6-19,33H,5,20-21H2,1-4H3,(H,41,45)(H,40,42,43). The molecule has 246 valence electrons. The molecule has 0 saturated carbocycles. The van der Waals surface area contributed by atoms with Crippen molar-refractivity contribution in [2.24, 2.45) is 0 Å². The molecule has 1 aliphatic rings. The molecule has 0 spiro atoms. The van der Waals surface area contributed by atoms with E-state index in [-0.39, 0.29) is 5.91 Å². The Morgan fingerprint density at radius 1 is 0.979 bits per heavy atom. The van der Waals surface area contributed by atoms with Crippen LogP contribution in [0.25, 0.3) is 0 Å². The van der Waals surface area contributed by atoms with Crippen molar-refractivity contribution in [2.45, 2.75) is 51.3 Å². The smallest absolute Gasteiger partial charge is 0.255 e. The van der Waals surface area contributed by atoms with Gasteiger partial charge in [-0.15, -0.1) is 5.10 Å². The molecule has 0 saturated heterocycles. The average Bonchev–Trinajstić information content (AvgIpc) is 3.47. The Hall–Kier alpha value is -4.25. The molecule has 5 aromatic rings. The van der Waals surface area contributed by atoms with E-state index in [4.69, 9.17) is 31.2 Å². The number of anilines is 2. The second-order valence-corrected chi connectivity index (χ2v) is 13.6. The van der Waals surface area contributed by atoms with E-state index in [1.165, 1.54) is 11.8 Å². The highest BCUT2D eigenvalue weighted by Gasteiger charge is 2.35. The van der Waals surface area contributed by atoms with Gasteiger partial charge in [-0.25, -0.2) is 4.68 Å². The van der Waals surface area contributed by atoms with Crippen LogP contribution >= 0.6 is 39.3 Å². The van der Waals surface area contributed by atoms with Gasteiger partial charge in [0.2, 0.25) is 11.1 Å². The lowest BCUT2D eigenvalue weighted by molar-refractivity contribution is -0.113. The quantitative estimate of drug-likeness (QED) is 0.130. The van der Waals surface area contributed by atoms with Crippen molar-refractivity contribution >= 4 is 56.8 Å². The van der Waals surface area contributed by atoms with E-state index >= 15 is 0 Å². The summed E-state index contributed by atoms with van der Waals surface area (Å²) < 4.78 is 15.0. The van der Waals surface area contributed by atoms with Gasteiger partial charge >= 0.3 is 0 Å². The fourth-order valence-electron chi connectivity index (χ4n) is 5.53. The largest absolute Gasteiger partial charge is 0.490 e. The predicted octanol–water partition coefficient (Wildman–Crippen LogP) is 9.51. The number of carbonyl (C=O) groups is 1. The topological polar surface area (TPSA) is 90.3 Å². The zero-order valence-electron chi connectivity index (χ0n) is 27.0. The van der Waals surface area contributed by atoms with E-state index in [1.807, 2.05) is 99.6 Å². The summed E-state index contributed by atoms with van der Waals surface area (Å²) in [5, 5.41) is 12.6. The Labute approximate surface area is 298 Å². The molecular formula is C37H35BrClN5O3S. The van der Waals surface area contributed by atoms with Crippen molar-refractivity contribution in [3.63, 3.8) is 0 Å². The Bertz CT molecular complexity index is 2010. The molecule has 2 N–H and O–H groups in total. The number of para-hydroxylation sites is 1. The number of nitrogens with one attached hydrogen (secondary N) is 2. The number of hydrogen-bond acceptors (Lipinski definition) is 7. The summed E-state index contributed by atoms with van der Waals surface area (Å²) in [5.41, 5.74) is 6.85. The van der Waals surface area contributed by atoms with E-state index < -0.39 is 6.04 Å². The van der Waals surface area contributed by atoms with Gasteiger partial charge in [-0.05, 0) is 95.7 Å². The second-order valence-electron chi connectivity index (χ2n) is 11.4. The van der Waals surface area contributed by atoms with Crippen LogP contribution in [0.4, 0.5) is 11.6 Å². The number of amides is 1. The number of ether oxygens (including phenoxy) is 2. The Morgan fingerprint density at radius 3 is 2.42 bits per heavy atom. The molecule has 1 atom stereocenters. The number of nitrogens with zero attached hydrogens (tertiary/aromatic N) is 3. The first-order chi connectivity index (χ1) is 23.2. The summed E-state index contributed by atoms with van der Waals surface area (Å²) in [6, 6.07) is 26.8. The van der Waals surface area contributed by atoms with Gasteiger partial charge in [0.1, 0.15) is 12.6 Å². The number of carbonyl (C=O) groups excluding carboxylic acids is 1. The summed E-state index contributed by atoms with van der Waals surface area (Å²) >= 11 is 11.7. The third-order valence-electron chi connectivity index (χ3n) is 8.07. The summed E-state index contributed by atoms with van der Waals surface area (Å²) in [6.45, 7) is 8.64. The van der Waals surface area contributed by atoms with Crippen molar-refractivity contribution in [3.05, 3.63) is 134 Å². The number of rotatable bonds is 11. The third kappa shape index (κ3) is 7.26. The number of aromatic nitrogens is 3. The highest BCUT2D eigenvalue weighted by molar-refractivity contribution is 9.10. The normalized spacial score (nSPS) is 13.9. The predicted molar refractivity (Wildman–Crippen MR) is 196 cm³/mol. The highest BCUT2D eigenvalue weighted by atomic mass is 79.9. The number of fused-ring (bicyclic) bond motifs is 1. The summed E-state index contributed by atoms with van der Waals surface area (Å²) in [5.74, 6) is 2.01. The Balaban J connectivity index is 1.40. The number of thioether (sulfide) groups is 1. The molecule has 2 heterocycles. The van der Waals surface area contributed by atoms with Gasteiger partial charge < -0.3 is 20.1 Å². The van der Waals surface area contributed by atoms with E-state index in [0.29, 0.717) is 62.3 Å². The minimum atomic E-state index is -0.631. The number of hydrogen-bond donors (Lipinski definition) is 2. The lowest BCUT2D eigenvalue weighted by Crippen LogP contribution is -2.31. The van der Waals surface area contributed by atoms with Crippen molar-refractivity contribution in [2.75, 3.05) is 17.2 Å². The highest BCUT2D eigenvalue weighted by Crippen LogP contribution is 2.44. The maximum absolute atomic E-state index is 14.2. The summed E-state index contributed by atoms with van der Waals surface area (Å²) in [4.78, 5) is 19.0. The van der Waals surface area contributed by atoms with Crippen molar-refractivity contribution in [1.29, 1.82) is 0 Å². The van der Waals surface area contributed by atoms with Gasteiger partial charge in [-0.2, -0.15) is 4.98 Å². The Morgan fingerprint density at radius 2 is 1.69 bits per heavy atom. The van der Waals surface area contributed by atoms with Crippen LogP contribution in [-0.2, 0) is 17.2 Å². The van der Waals surface area contributed by atoms with Gasteiger partial charge in [-0.1, -0.05) is 84.0 Å². The summed E-state index contributed by atoms with van der Waals surface area (Å²) in [6.07, 6.45) is 0. The molecule has 0 bridgehead atoms. The molecule has 0 fully saturated rings. The molecule has 1 amide bonds. The van der Waals surface area contributed by atoms with E-state index in [9.17, 15) is 4.79 Å². The first-order valence-corrected chi connectivity index (χ1v) is 17.7. The number of allylic oxidation sites excluding steroid dienone is 1. The van der Waals surface area contributed by atoms with E-state index in [0.717, 1.165) is 33.5 Å². The first-order valence-electron chi connectivity index (χ1n) is 15.5. The molecule has 48 heavy (non-hydrogen) atoms. The minimum absolute atomic E-state index is 0.250. The molecule has 4 aromatic carbocycles. The van der Waals surface area contributed by atoms with Crippen LogP contribution in [0.2, 0.25) is 5.02 Å². The van der Waals surface area contributed by atoms with Crippen LogP contribution in [0.15, 0.2) is 106 Å². The van der Waals surface area contributed by atoms with Crippen molar-refractivity contribution in [3.8, 4) is 11.5 Å². The van der Waals surface area contributed by atoms with Crippen LogP contribution in [0, 0.1) is 13.8 Å². The van der Waals surface area contributed by atoms with Crippen LogP contribution in [0.1, 0.15) is 47.7 Å². The molecule has 1 unspecified atom stereocenters. The molecule has 11 heteroatoms. The van der Waals surface area contributed by atoms with E-state index in [1.54, 1.807) is 4.68 Å². The van der Waals surface area contributed by atoms with Crippen LogP contribution in [0.5, 0.6) is 11.5 Å². The van der Waals surface area contributed by atoms with Crippen LogP contribution < -0.4 is 20.1 Å². The molecule has 6 rings (SSSR count). The SMILES string of the molecule is CCOc1cc(C2C(C(=O)Nc3ccccc3C)=C(C)Nc3nc(SCc4ccccc4Cl)nn32)cc(Br)c1OCc1ccccc1C. The van der Waals surface area contributed by atoms with Crippen LogP contribution in [-0.4, -0.2) is 27.3 Å². The fraction of sp³-hybridized carbons (Fsp3) is 0.216. The van der Waals surface area contributed by atoms with Gasteiger partial charge in [0, 0.05) is 22.2 Å².